The Morgan fingerprint density at radius 1 is 1.32 bits per heavy atom. The molecule has 0 radical (unpaired) electrons. The summed E-state index contributed by atoms with van der Waals surface area (Å²) >= 11 is 0. The summed E-state index contributed by atoms with van der Waals surface area (Å²) in [6, 6.07) is -1.19. The first-order valence-corrected chi connectivity index (χ1v) is 6.51. The molecule has 7 heteroatoms. The van der Waals surface area contributed by atoms with Crippen LogP contribution >= 0.6 is 0 Å². The maximum Gasteiger partial charge on any atom is 0.315 e. The number of hydrogen-bond acceptors (Lipinski definition) is 3. The van der Waals surface area contributed by atoms with Crippen LogP contribution in [0.3, 0.4) is 0 Å². The predicted molar refractivity (Wildman–Crippen MR) is 68.6 cm³/mol. The molecule has 0 aromatic rings. The molecule has 1 rings (SSSR count). The van der Waals surface area contributed by atoms with Gasteiger partial charge in [-0.1, -0.05) is 0 Å². The first-order chi connectivity index (χ1) is 8.93. The maximum atomic E-state index is 11.6. The molecule has 19 heavy (non-hydrogen) atoms. The van der Waals surface area contributed by atoms with Crippen LogP contribution < -0.4 is 16.0 Å². The van der Waals surface area contributed by atoms with Gasteiger partial charge in [0.15, 0.2) is 0 Å². The van der Waals surface area contributed by atoms with E-state index in [0.29, 0.717) is 25.8 Å². The molecule has 3 amide bonds. The molecule has 0 aromatic carbocycles. The number of carbonyl (C=O) groups is 3. The third kappa shape index (κ3) is 4.76. The van der Waals surface area contributed by atoms with Gasteiger partial charge in [-0.3, -0.25) is 9.59 Å². The molecule has 1 fully saturated rings. The van der Waals surface area contributed by atoms with Gasteiger partial charge in [0.05, 0.1) is 5.92 Å². The van der Waals surface area contributed by atoms with Crippen molar-refractivity contribution in [2.24, 2.45) is 5.92 Å². The van der Waals surface area contributed by atoms with Crippen LogP contribution in [-0.4, -0.2) is 41.6 Å². The molecule has 0 aromatic heterocycles. The molecule has 4 N–H and O–H groups in total. The number of amides is 3. The van der Waals surface area contributed by atoms with Crippen molar-refractivity contribution < 1.29 is 19.5 Å². The quantitative estimate of drug-likeness (QED) is 0.567. The van der Waals surface area contributed by atoms with Crippen LogP contribution in [0.5, 0.6) is 0 Å². The standard InChI is InChI=1S/C12H21N3O4/c1-3-13-10(16)7(2)14-12(19)15-9-5-4-8(6-9)11(17)18/h7-9H,3-6H2,1-2H3,(H,13,16)(H,17,18)(H2,14,15,19)/t7?,8-,9+/m1/s1. The van der Waals surface area contributed by atoms with E-state index in [4.69, 9.17) is 5.11 Å². The zero-order valence-corrected chi connectivity index (χ0v) is 11.2. The fourth-order valence-electron chi connectivity index (χ4n) is 2.15. The summed E-state index contributed by atoms with van der Waals surface area (Å²) in [7, 11) is 0. The zero-order chi connectivity index (χ0) is 14.4. The topological polar surface area (TPSA) is 108 Å². The number of urea groups is 1. The summed E-state index contributed by atoms with van der Waals surface area (Å²) in [6.07, 6.45) is 1.67. The van der Waals surface area contributed by atoms with E-state index in [1.54, 1.807) is 13.8 Å². The maximum absolute atomic E-state index is 11.6. The molecule has 0 saturated heterocycles. The normalized spacial score (nSPS) is 23.5. The highest BCUT2D eigenvalue weighted by Gasteiger charge is 2.30. The van der Waals surface area contributed by atoms with E-state index in [1.165, 1.54) is 0 Å². The summed E-state index contributed by atoms with van der Waals surface area (Å²) in [4.78, 5) is 33.9. The van der Waals surface area contributed by atoms with E-state index in [1.807, 2.05) is 0 Å². The molecule has 7 nitrogen and oxygen atoms in total. The molecule has 0 bridgehead atoms. The SMILES string of the molecule is CCNC(=O)C(C)NC(=O)N[C@H]1CC[C@@H](C(=O)O)C1. The van der Waals surface area contributed by atoms with Crippen molar-refractivity contribution in [1.29, 1.82) is 0 Å². The second kappa shape index (κ2) is 6.96. The highest BCUT2D eigenvalue weighted by Crippen LogP contribution is 2.25. The van der Waals surface area contributed by atoms with Crippen molar-refractivity contribution in [2.45, 2.75) is 45.2 Å². The number of carboxylic acids is 1. The number of likely N-dealkylation sites (N-methyl/N-ethyl adjacent to an activating group) is 1. The van der Waals surface area contributed by atoms with Crippen LogP contribution in [0.15, 0.2) is 0 Å². The molecule has 0 spiro atoms. The summed E-state index contributed by atoms with van der Waals surface area (Å²) in [5, 5.41) is 16.7. The van der Waals surface area contributed by atoms with Gasteiger partial charge in [-0.05, 0) is 33.1 Å². The minimum Gasteiger partial charge on any atom is -0.481 e. The van der Waals surface area contributed by atoms with Gasteiger partial charge in [0, 0.05) is 12.6 Å². The van der Waals surface area contributed by atoms with Crippen LogP contribution in [-0.2, 0) is 9.59 Å². The Hall–Kier alpha value is -1.79. The average Bonchev–Trinajstić information content (AvgIpc) is 2.77. The largest absolute Gasteiger partial charge is 0.481 e. The predicted octanol–water partition coefficient (Wildman–Crippen LogP) is 0.0635. The third-order valence-corrected chi connectivity index (χ3v) is 3.21. The second-order valence-electron chi connectivity index (χ2n) is 4.78. The lowest BCUT2D eigenvalue weighted by atomic mass is 10.1. The van der Waals surface area contributed by atoms with Crippen LogP contribution in [0.2, 0.25) is 0 Å². The number of carbonyl (C=O) groups excluding carboxylic acids is 2. The van der Waals surface area contributed by atoms with Gasteiger partial charge in [-0.25, -0.2) is 4.79 Å². The molecular weight excluding hydrogens is 250 g/mol. The summed E-state index contributed by atoms with van der Waals surface area (Å²) in [5.41, 5.74) is 0. The van der Waals surface area contributed by atoms with Crippen molar-refractivity contribution in [3.05, 3.63) is 0 Å². The van der Waals surface area contributed by atoms with Crippen molar-refractivity contribution in [3.63, 3.8) is 0 Å². The van der Waals surface area contributed by atoms with Crippen LogP contribution in [0, 0.1) is 5.92 Å². The van der Waals surface area contributed by atoms with Crippen molar-refractivity contribution in [1.82, 2.24) is 16.0 Å². The molecule has 108 valence electrons. The molecular formula is C12H21N3O4. The van der Waals surface area contributed by atoms with Gasteiger partial charge in [0.25, 0.3) is 0 Å². The molecule has 1 aliphatic rings. The van der Waals surface area contributed by atoms with Gasteiger partial charge in [0.1, 0.15) is 6.04 Å². The van der Waals surface area contributed by atoms with E-state index in [2.05, 4.69) is 16.0 Å². The lowest BCUT2D eigenvalue weighted by Crippen LogP contribution is -2.50. The van der Waals surface area contributed by atoms with Gasteiger partial charge >= 0.3 is 12.0 Å². The summed E-state index contributed by atoms with van der Waals surface area (Å²) < 4.78 is 0. The van der Waals surface area contributed by atoms with Gasteiger partial charge in [0.2, 0.25) is 5.91 Å². The van der Waals surface area contributed by atoms with Crippen molar-refractivity contribution in [2.75, 3.05) is 6.54 Å². The van der Waals surface area contributed by atoms with Crippen molar-refractivity contribution in [3.8, 4) is 0 Å². The van der Waals surface area contributed by atoms with E-state index in [9.17, 15) is 14.4 Å². The van der Waals surface area contributed by atoms with E-state index in [0.717, 1.165) is 0 Å². The monoisotopic (exact) mass is 271 g/mol. The highest BCUT2D eigenvalue weighted by atomic mass is 16.4. The number of rotatable bonds is 5. The van der Waals surface area contributed by atoms with Crippen LogP contribution in [0.1, 0.15) is 33.1 Å². The molecule has 3 atom stereocenters. The Morgan fingerprint density at radius 2 is 2.00 bits per heavy atom. The van der Waals surface area contributed by atoms with Gasteiger partial charge in [-0.2, -0.15) is 0 Å². The molecule has 1 unspecified atom stereocenters. The Balaban J connectivity index is 2.32. The molecule has 1 aliphatic carbocycles. The first-order valence-electron chi connectivity index (χ1n) is 6.51. The Morgan fingerprint density at radius 3 is 2.53 bits per heavy atom. The Bertz CT molecular complexity index is 359. The fourth-order valence-corrected chi connectivity index (χ4v) is 2.15. The van der Waals surface area contributed by atoms with E-state index >= 15 is 0 Å². The zero-order valence-electron chi connectivity index (χ0n) is 11.2. The van der Waals surface area contributed by atoms with E-state index < -0.39 is 18.0 Å². The average molecular weight is 271 g/mol. The molecule has 0 aliphatic heterocycles. The first kappa shape index (κ1) is 15.3. The minimum atomic E-state index is -0.819. The molecule has 0 heterocycles. The Kier molecular flexibility index (Phi) is 5.59. The van der Waals surface area contributed by atoms with E-state index in [-0.39, 0.29) is 17.9 Å². The molecule has 1 saturated carbocycles. The fraction of sp³-hybridized carbons (Fsp3) is 0.750. The van der Waals surface area contributed by atoms with Crippen LogP contribution in [0.4, 0.5) is 4.79 Å². The minimum absolute atomic E-state index is 0.137. The lowest BCUT2D eigenvalue weighted by Gasteiger charge is -2.17. The third-order valence-electron chi connectivity index (χ3n) is 3.21. The highest BCUT2D eigenvalue weighted by molar-refractivity contribution is 5.86. The number of hydrogen-bond donors (Lipinski definition) is 4. The smallest absolute Gasteiger partial charge is 0.315 e. The summed E-state index contributed by atoms with van der Waals surface area (Å²) in [5.74, 6) is -1.45. The number of carboxylic acid groups (broad SMARTS) is 1. The van der Waals surface area contributed by atoms with Crippen LogP contribution in [0.25, 0.3) is 0 Å². The number of aliphatic carboxylic acids is 1. The summed E-state index contributed by atoms with van der Waals surface area (Å²) in [6.45, 7) is 3.91. The van der Waals surface area contributed by atoms with Gasteiger partial charge < -0.3 is 21.1 Å². The second-order valence-corrected chi connectivity index (χ2v) is 4.78. The Labute approximate surface area is 112 Å². The number of nitrogens with one attached hydrogen (secondary N) is 3. The van der Waals surface area contributed by atoms with Crippen molar-refractivity contribution >= 4 is 17.9 Å². The lowest BCUT2D eigenvalue weighted by molar-refractivity contribution is -0.141. The van der Waals surface area contributed by atoms with Gasteiger partial charge in [-0.15, -0.1) is 0 Å².